The highest BCUT2D eigenvalue weighted by Gasteiger charge is 2.74. The molecule has 0 bridgehead atoms. The van der Waals surface area contributed by atoms with Gasteiger partial charge in [-0.3, -0.25) is 0 Å². The highest BCUT2D eigenvalue weighted by atomic mass is 35.5. The molecule has 3 rings (SSSR count). The third-order valence-corrected chi connectivity index (χ3v) is 8.24. The van der Waals surface area contributed by atoms with Gasteiger partial charge in [0, 0.05) is 19.2 Å². The summed E-state index contributed by atoms with van der Waals surface area (Å²) in [4.78, 5) is -0.339. The molecule has 0 spiro atoms. The van der Waals surface area contributed by atoms with E-state index in [4.69, 9.17) is 0 Å². The van der Waals surface area contributed by atoms with Gasteiger partial charge in [0.25, 0.3) is 5.60 Å². The van der Waals surface area contributed by atoms with Crippen LogP contribution in [0.4, 0.5) is 35.1 Å². The number of hydrogen-bond acceptors (Lipinski definition) is 4. The molecule has 1 atom stereocenters. The van der Waals surface area contributed by atoms with E-state index in [1.807, 2.05) is 0 Å². The molecule has 1 N–H and O–H groups in total. The fourth-order valence-corrected chi connectivity index (χ4v) is 6.08. The lowest BCUT2D eigenvalue weighted by Gasteiger charge is -2.37. The van der Waals surface area contributed by atoms with Gasteiger partial charge in [0.1, 0.15) is 16.4 Å². The van der Waals surface area contributed by atoms with Crippen molar-refractivity contribution < 1.29 is 48.3 Å². The zero-order valence-electron chi connectivity index (χ0n) is 17.2. The van der Waals surface area contributed by atoms with Gasteiger partial charge in [-0.2, -0.15) is 26.3 Å². The first-order valence-electron chi connectivity index (χ1n) is 9.34. The summed E-state index contributed by atoms with van der Waals surface area (Å²) in [5.74, 6) is -2.66. The monoisotopic (exact) mass is 539 g/mol. The Kier molecular flexibility index (Phi) is 7.69. The highest BCUT2D eigenvalue weighted by Crippen LogP contribution is 2.53. The Bertz CT molecular complexity index is 1110. The van der Waals surface area contributed by atoms with Gasteiger partial charge in [-0.15, -0.1) is 12.4 Å². The van der Waals surface area contributed by atoms with Crippen LogP contribution in [0.1, 0.15) is 17.5 Å². The minimum absolute atomic E-state index is 0. The maximum atomic E-state index is 14.9. The van der Waals surface area contributed by atoms with E-state index in [9.17, 15) is 43.5 Å². The van der Waals surface area contributed by atoms with Crippen molar-refractivity contribution in [2.24, 2.45) is 0 Å². The summed E-state index contributed by atoms with van der Waals surface area (Å²) in [6, 6.07) is 4.98. The molecule has 190 valence electrons. The quantitative estimate of drug-likeness (QED) is 0.428. The Labute approximate surface area is 195 Å². The van der Waals surface area contributed by atoms with Crippen molar-refractivity contribution in [2.45, 2.75) is 34.0 Å². The van der Waals surface area contributed by atoms with Crippen LogP contribution >= 0.6 is 12.4 Å². The SMILES string of the molecule is COC(c1ccc([C@]2(S(=O)(=O)c3ccc(F)cc3)CCNC2)cc1F)(C(F)(F)F)C(F)(F)F.Cl. The van der Waals surface area contributed by atoms with E-state index in [-0.39, 0.29) is 55.6 Å². The zero-order valence-corrected chi connectivity index (χ0v) is 18.9. The molecule has 34 heavy (non-hydrogen) atoms. The minimum atomic E-state index is -6.07. The summed E-state index contributed by atoms with van der Waals surface area (Å²) in [5, 5.41) is 2.76. The lowest BCUT2D eigenvalue weighted by atomic mass is 9.88. The minimum Gasteiger partial charge on any atom is -0.357 e. The van der Waals surface area contributed by atoms with Gasteiger partial charge in [0.2, 0.25) is 0 Å². The lowest BCUT2D eigenvalue weighted by molar-refractivity contribution is -0.384. The molecule has 0 amide bonds. The van der Waals surface area contributed by atoms with Crippen LogP contribution in [0.5, 0.6) is 0 Å². The number of methoxy groups -OCH3 is 1. The van der Waals surface area contributed by atoms with E-state index in [0.29, 0.717) is 12.1 Å². The molecule has 2 aromatic rings. The summed E-state index contributed by atoms with van der Waals surface area (Å²) < 4.78 is 138. The number of benzene rings is 2. The number of halogens is 9. The fourth-order valence-electron chi connectivity index (χ4n) is 4.03. The predicted molar refractivity (Wildman–Crippen MR) is 107 cm³/mol. The second kappa shape index (κ2) is 9.25. The topological polar surface area (TPSA) is 55.4 Å². The van der Waals surface area contributed by atoms with Gasteiger partial charge in [-0.05, 0) is 48.9 Å². The normalized spacial score (nSPS) is 19.7. The van der Waals surface area contributed by atoms with Crippen molar-refractivity contribution in [2.75, 3.05) is 20.2 Å². The van der Waals surface area contributed by atoms with Crippen molar-refractivity contribution >= 4 is 22.2 Å². The van der Waals surface area contributed by atoms with Crippen LogP contribution < -0.4 is 5.32 Å². The number of ether oxygens (including phenoxy) is 1. The van der Waals surface area contributed by atoms with Crippen LogP contribution in [0.3, 0.4) is 0 Å². The third-order valence-electron chi connectivity index (χ3n) is 5.73. The third kappa shape index (κ3) is 4.16. The summed E-state index contributed by atoms with van der Waals surface area (Å²) in [5.41, 5.74) is -7.17. The first kappa shape index (κ1) is 28.3. The van der Waals surface area contributed by atoms with E-state index >= 15 is 0 Å². The largest absolute Gasteiger partial charge is 0.430 e. The number of hydrogen-bond donors (Lipinski definition) is 1. The van der Waals surface area contributed by atoms with Crippen molar-refractivity contribution in [3.8, 4) is 0 Å². The second-order valence-electron chi connectivity index (χ2n) is 7.45. The van der Waals surface area contributed by atoms with Crippen LogP contribution in [0.25, 0.3) is 0 Å². The van der Waals surface area contributed by atoms with E-state index in [0.717, 1.165) is 24.3 Å². The van der Waals surface area contributed by atoms with Crippen molar-refractivity contribution in [1.82, 2.24) is 5.32 Å². The van der Waals surface area contributed by atoms with E-state index in [1.54, 1.807) is 0 Å². The van der Waals surface area contributed by atoms with Crippen molar-refractivity contribution in [3.63, 3.8) is 0 Å². The molecular weight excluding hydrogens is 522 g/mol. The lowest BCUT2D eigenvalue weighted by Crippen LogP contribution is -2.56. The molecule has 4 nitrogen and oxygen atoms in total. The number of alkyl halides is 6. The molecule has 0 radical (unpaired) electrons. The van der Waals surface area contributed by atoms with Crippen LogP contribution in [0.2, 0.25) is 0 Å². The summed E-state index contributed by atoms with van der Waals surface area (Å²) >= 11 is 0. The van der Waals surface area contributed by atoms with E-state index < -0.39 is 49.7 Å². The Morgan fingerprint density at radius 2 is 1.50 bits per heavy atom. The predicted octanol–water partition coefficient (Wildman–Crippen LogP) is 5.02. The van der Waals surface area contributed by atoms with Crippen LogP contribution in [0.15, 0.2) is 47.4 Å². The molecule has 1 aliphatic rings. The average Bonchev–Trinajstić information content (AvgIpc) is 3.20. The molecule has 0 saturated carbocycles. The van der Waals surface area contributed by atoms with Crippen LogP contribution in [0, 0.1) is 11.6 Å². The molecule has 2 aromatic carbocycles. The number of nitrogens with one attached hydrogen (secondary N) is 1. The molecular formula is C20H18ClF8NO3S. The van der Waals surface area contributed by atoms with Gasteiger partial charge in [0.05, 0.1) is 4.90 Å². The fraction of sp³-hybridized carbons (Fsp3) is 0.400. The Balaban J connectivity index is 0.00000408. The molecule has 1 heterocycles. The van der Waals surface area contributed by atoms with E-state index in [2.05, 4.69) is 10.1 Å². The molecule has 14 heteroatoms. The summed E-state index contributed by atoms with van der Waals surface area (Å²) in [7, 11) is -4.22. The molecule has 1 aliphatic heterocycles. The Morgan fingerprint density at radius 1 is 0.941 bits per heavy atom. The smallest absolute Gasteiger partial charge is 0.357 e. The number of sulfone groups is 1. The van der Waals surface area contributed by atoms with Crippen molar-refractivity contribution in [1.29, 1.82) is 0 Å². The highest BCUT2D eigenvalue weighted by molar-refractivity contribution is 7.92. The molecule has 0 aromatic heterocycles. The van der Waals surface area contributed by atoms with Gasteiger partial charge in [-0.25, -0.2) is 17.2 Å². The Morgan fingerprint density at radius 3 is 1.91 bits per heavy atom. The maximum Gasteiger partial charge on any atom is 0.430 e. The first-order chi connectivity index (χ1) is 15.1. The summed E-state index contributed by atoms with van der Waals surface area (Å²) in [6.45, 7) is -0.170. The maximum absolute atomic E-state index is 14.9. The van der Waals surface area contributed by atoms with Gasteiger partial charge >= 0.3 is 12.4 Å². The molecule has 0 unspecified atom stereocenters. The standard InChI is InChI=1S/C20H17F8NO3S.ClH/c1-32-18(19(23,24)25,20(26,27)28)15-7-2-12(10-16(15)22)17(8-9-29-11-17)33(30,31)14-5-3-13(21)4-6-14;/h2-7,10,29H,8-9,11H2,1H3;1H/t17-;/m0./s1. The first-order valence-corrected chi connectivity index (χ1v) is 10.8. The molecule has 1 fully saturated rings. The average molecular weight is 540 g/mol. The second-order valence-corrected chi connectivity index (χ2v) is 9.71. The molecule has 1 saturated heterocycles. The van der Waals surface area contributed by atoms with Crippen LogP contribution in [-0.2, 0) is 24.9 Å². The van der Waals surface area contributed by atoms with Crippen molar-refractivity contribution in [3.05, 3.63) is 65.2 Å². The van der Waals surface area contributed by atoms with E-state index in [1.165, 1.54) is 0 Å². The van der Waals surface area contributed by atoms with Crippen LogP contribution in [-0.4, -0.2) is 41.0 Å². The van der Waals surface area contributed by atoms with Gasteiger partial charge in [-0.1, -0.05) is 12.1 Å². The number of rotatable bonds is 5. The van der Waals surface area contributed by atoms with Gasteiger partial charge < -0.3 is 10.1 Å². The summed E-state index contributed by atoms with van der Waals surface area (Å²) in [6.07, 6.45) is -12.3. The molecule has 0 aliphatic carbocycles. The van der Waals surface area contributed by atoms with Gasteiger partial charge in [0.15, 0.2) is 9.84 Å². The zero-order chi connectivity index (χ0) is 24.9. The Hall–Kier alpha value is -1.96.